The lowest BCUT2D eigenvalue weighted by Gasteiger charge is -2.34. The van der Waals surface area contributed by atoms with E-state index in [1.54, 1.807) is 12.3 Å². The van der Waals surface area contributed by atoms with Gasteiger partial charge in [0.05, 0.1) is 0 Å². The Labute approximate surface area is 212 Å². The Bertz CT molecular complexity index is 1220. The van der Waals surface area contributed by atoms with E-state index in [1.807, 2.05) is 0 Å². The third-order valence-electron chi connectivity index (χ3n) is 6.92. The van der Waals surface area contributed by atoms with Gasteiger partial charge in [-0.3, -0.25) is 4.79 Å². The molecule has 196 valence electrons. The van der Waals surface area contributed by atoms with Crippen molar-refractivity contribution < 1.29 is 27.5 Å². The number of halogens is 4. The molecular formula is C27H28F4N4O2. The van der Waals surface area contributed by atoms with Gasteiger partial charge >= 0.3 is 0 Å². The Kier molecular flexibility index (Phi) is 8.19. The molecule has 1 saturated heterocycles. The molecule has 37 heavy (non-hydrogen) atoms. The zero-order valence-electron chi connectivity index (χ0n) is 20.4. The number of carbonyl (C=O) groups is 1. The first kappa shape index (κ1) is 26.7. The topological polar surface area (TPSA) is 69.6 Å². The second-order valence-electron chi connectivity index (χ2n) is 9.32. The molecule has 0 bridgehead atoms. The minimum Gasteiger partial charge on any atom is -0.372 e. The summed E-state index contributed by atoms with van der Waals surface area (Å²) in [5.74, 6) is -4.09. The molecule has 1 aromatic carbocycles. The number of likely N-dealkylation sites (tertiary alicyclic amines) is 1. The van der Waals surface area contributed by atoms with Gasteiger partial charge in [0.1, 0.15) is 0 Å². The van der Waals surface area contributed by atoms with Crippen LogP contribution in [-0.4, -0.2) is 64.0 Å². The smallest absolute Gasteiger partial charge is 0.263 e. The molecule has 1 unspecified atom stereocenters. The van der Waals surface area contributed by atoms with Crippen molar-refractivity contribution in [2.45, 2.75) is 30.8 Å². The summed E-state index contributed by atoms with van der Waals surface area (Å²) in [5, 5.41) is 11.5. The Morgan fingerprint density at radius 3 is 2.22 bits per heavy atom. The van der Waals surface area contributed by atoms with Crippen molar-refractivity contribution in [3.8, 4) is 0 Å². The number of amides is 1. The summed E-state index contributed by atoms with van der Waals surface area (Å²) in [5.41, 5.74) is -1.60. The number of rotatable bonds is 8. The number of hydrogen-bond donors (Lipinski definition) is 1. The minimum absolute atomic E-state index is 0.0610. The fourth-order valence-corrected chi connectivity index (χ4v) is 4.75. The summed E-state index contributed by atoms with van der Waals surface area (Å²) < 4.78 is 54.0. The molecule has 1 aliphatic rings. The van der Waals surface area contributed by atoms with Crippen molar-refractivity contribution in [3.05, 3.63) is 95.1 Å². The number of pyridine rings is 2. The molecule has 1 amide bonds. The van der Waals surface area contributed by atoms with Gasteiger partial charge in [0, 0.05) is 37.1 Å². The average molecular weight is 517 g/mol. The molecule has 6 nitrogen and oxygen atoms in total. The maximum absolute atomic E-state index is 14.0. The number of benzene rings is 1. The van der Waals surface area contributed by atoms with Crippen molar-refractivity contribution in [1.29, 1.82) is 0 Å². The molecule has 3 heterocycles. The predicted molar refractivity (Wildman–Crippen MR) is 128 cm³/mol. The zero-order valence-corrected chi connectivity index (χ0v) is 20.4. The fraction of sp³-hybridized carbons (Fsp3) is 0.370. The molecule has 1 fully saturated rings. The van der Waals surface area contributed by atoms with Crippen LogP contribution in [0.5, 0.6) is 0 Å². The number of carbonyl (C=O) groups excluding carboxylic acids is 1. The SMILES string of the molecule is CN(CCCN1CCC(c2ccc(F)nc2)CC1)C(=O)C(O)(c1ccc(F)nc1)c1ccc(F)c(F)c1. The lowest BCUT2D eigenvalue weighted by molar-refractivity contribution is -0.146. The number of aromatic nitrogens is 2. The molecule has 1 aliphatic heterocycles. The standard InChI is InChI=1S/C27H28F4N4O2/c1-34(11-2-12-35-13-9-18(10-14-35)19-3-7-24(30)32-16-19)26(36)27(37,21-5-8-25(31)33-17-21)20-4-6-22(28)23(29)15-20/h3-8,15-18,37H,2,9-14H2,1H3. The van der Waals surface area contributed by atoms with Gasteiger partial charge in [-0.05, 0) is 80.7 Å². The van der Waals surface area contributed by atoms with Crippen LogP contribution in [0.2, 0.25) is 0 Å². The van der Waals surface area contributed by atoms with Crippen molar-refractivity contribution in [1.82, 2.24) is 19.8 Å². The van der Waals surface area contributed by atoms with Crippen LogP contribution < -0.4 is 0 Å². The van der Waals surface area contributed by atoms with Gasteiger partial charge in [-0.2, -0.15) is 8.78 Å². The van der Waals surface area contributed by atoms with Gasteiger partial charge in [-0.25, -0.2) is 18.7 Å². The molecular weight excluding hydrogens is 488 g/mol. The highest BCUT2D eigenvalue weighted by molar-refractivity contribution is 5.89. The van der Waals surface area contributed by atoms with Crippen LogP contribution in [0.3, 0.4) is 0 Å². The van der Waals surface area contributed by atoms with Gasteiger partial charge in [0.2, 0.25) is 11.9 Å². The zero-order chi connectivity index (χ0) is 26.6. The highest BCUT2D eigenvalue weighted by Crippen LogP contribution is 2.33. The molecule has 0 radical (unpaired) electrons. The average Bonchev–Trinajstić information content (AvgIpc) is 2.90. The highest BCUT2D eigenvalue weighted by atomic mass is 19.2. The normalized spacial score (nSPS) is 16.4. The highest BCUT2D eigenvalue weighted by Gasteiger charge is 2.42. The predicted octanol–water partition coefficient (Wildman–Crippen LogP) is 4.00. The number of likely N-dealkylation sites (N-methyl/N-ethyl adjacent to an activating group) is 1. The number of piperidine rings is 1. The second-order valence-corrected chi connectivity index (χ2v) is 9.32. The molecule has 1 atom stereocenters. The van der Waals surface area contributed by atoms with E-state index in [9.17, 15) is 27.5 Å². The Hall–Kier alpha value is -3.37. The van der Waals surface area contributed by atoms with E-state index >= 15 is 0 Å². The van der Waals surface area contributed by atoms with Gasteiger partial charge < -0.3 is 14.9 Å². The monoisotopic (exact) mass is 516 g/mol. The molecule has 0 saturated carbocycles. The maximum atomic E-state index is 14.0. The summed E-state index contributed by atoms with van der Waals surface area (Å²) in [7, 11) is 1.51. The Balaban J connectivity index is 1.39. The fourth-order valence-electron chi connectivity index (χ4n) is 4.75. The Morgan fingerprint density at radius 1 is 0.973 bits per heavy atom. The van der Waals surface area contributed by atoms with Crippen LogP contribution >= 0.6 is 0 Å². The second kappa shape index (κ2) is 11.4. The first-order valence-electron chi connectivity index (χ1n) is 12.1. The van der Waals surface area contributed by atoms with E-state index in [-0.39, 0.29) is 11.1 Å². The van der Waals surface area contributed by atoms with E-state index in [4.69, 9.17) is 0 Å². The summed E-state index contributed by atoms with van der Waals surface area (Å²) in [6.07, 6.45) is 5.02. The summed E-state index contributed by atoms with van der Waals surface area (Å²) in [4.78, 5) is 24.3. The largest absolute Gasteiger partial charge is 0.372 e. The number of hydrogen-bond acceptors (Lipinski definition) is 5. The van der Waals surface area contributed by atoms with E-state index < -0.39 is 35.0 Å². The third kappa shape index (κ3) is 5.97. The molecule has 0 aliphatic carbocycles. The summed E-state index contributed by atoms with van der Waals surface area (Å²) >= 11 is 0. The van der Waals surface area contributed by atoms with E-state index in [1.165, 1.54) is 24.1 Å². The van der Waals surface area contributed by atoms with E-state index in [0.717, 1.165) is 62.0 Å². The van der Waals surface area contributed by atoms with Crippen molar-refractivity contribution in [2.75, 3.05) is 33.2 Å². The molecule has 3 aromatic rings. The molecule has 2 aromatic heterocycles. The van der Waals surface area contributed by atoms with Crippen LogP contribution in [0.15, 0.2) is 54.9 Å². The van der Waals surface area contributed by atoms with Crippen molar-refractivity contribution in [2.24, 2.45) is 0 Å². The van der Waals surface area contributed by atoms with Crippen LogP contribution in [0.1, 0.15) is 41.9 Å². The molecule has 0 spiro atoms. The van der Waals surface area contributed by atoms with Gasteiger partial charge in [0.15, 0.2) is 17.2 Å². The maximum Gasteiger partial charge on any atom is 0.263 e. The molecule has 1 N–H and O–H groups in total. The molecule has 10 heteroatoms. The lowest BCUT2D eigenvalue weighted by atomic mass is 9.85. The van der Waals surface area contributed by atoms with Gasteiger partial charge in [-0.15, -0.1) is 0 Å². The van der Waals surface area contributed by atoms with Crippen molar-refractivity contribution >= 4 is 5.91 Å². The van der Waals surface area contributed by atoms with Crippen LogP contribution in [0.4, 0.5) is 17.6 Å². The lowest BCUT2D eigenvalue weighted by Crippen LogP contribution is -2.47. The van der Waals surface area contributed by atoms with Crippen LogP contribution in [-0.2, 0) is 10.4 Å². The van der Waals surface area contributed by atoms with Crippen molar-refractivity contribution in [3.63, 3.8) is 0 Å². The first-order chi connectivity index (χ1) is 17.7. The number of nitrogens with zero attached hydrogens (tertiary/aromatic N) is 4. The van der Waals surface area contributed by atoms with Crippen LogP contribution in [0.25, 0.3) is 0 Å². The number of aliphatic hydroxyl groups is 1. The van der Waals surface area contributed by atoms with Crippen LogP contribution in [0, 0.1) is 23.5 Å². The van der Waals surface area contributed by atoms with Gasteiger partial charge in [0.25, 0.3) is 5.91 Å². The quantitative estimate of drug-likeness (QED) is 0.362. The first-order valence-corrected chi connectivity index (χ1v) is 12.1. The van der Waals surface area contributed by atoms with Gasteiger partial charge in [-0.1, -0.05) is 12.1 Å². The summed E-state index contributed by atoms with van der Waals surface area (Å²) in [6.45, 7) is 2.70. The third-order valence-corrected chi connectivity index (χ3v) is 6.92. The molecule has 4 rings (SSSR count). The minimum atomic E-state index is -2.38. The Morgan fingerprint density at radius 2 is 1.62 bits per heavy atom. The van der Waals surface area contributed by atoms with E-state index in [2.05, 4.69) is 14.9 Å². The van der Waals surface area contributed by atoms with E-state index in [0.29, 0.717) is 25.4 Å². The summed E-state index contributed by atoms with van der Waals surface area (Å²) in [6, 6.07) is 8.02.